The number of ether oxygens (including phenoxy) is 1. The van der Waals surface area contributed by atoms with Gasteiger partial charge in [-0.05, 0) is 32.0 Å². The van der Waals surface area contributed by atoms with Gasteiger partial charge in [-0.3, -0.25) is 4.90 Å². The van der Waals surface area contributed by atoms with Gasteiger partial charge in [0, 0.05) is 30.5 Å². The predicted octanol–water partition coefficient (Wildman–Crippen LogP) is 1.99. The molecule has 0 spiro atoms. The molecule has 0 radical (unpaired) electrons. The van der Waals surface area contributed by atoms with Gasteiger partial charge in [0.2, 0.25) is 5.88 Å². The fourth-order valence-corrected chi connectivity index (χ4v) is 2.41. The lowest BCUT2D eigenvalue weighted by atomic mass is 10.2. The van der Waals surface area contributed by atoms with Crippen molar-refractivity contribution in [3.63, 3.8) is 0 Å². The third kappa shape index (κ3) is 3.09. The fourth-order valence-electron chi connectivity index (χ4n) is 2.41. The van der Waals surface area contributed by atoms with Crippen molar-refractivity contribution in [3.8, 4) is 5.88 Å². The van der Waals surface area contributed by atoms with Crippen molar-refractivity contribution in [1.29, 1.82) is 0 Å². The quantitative estimate of drug-likeness (QED) is 0.847. The van der Waals surface area contributed by atoms with Gasteiger partial charge in [-0.25, -0.2) is 4.98 Å². The van der Waals surface area contributed by atoms with Crippen molar-refractivity contribution < 1.29 is 4.74 Å². The molecule has 1 aliphatic rings. The molecule has 1 atom stereocenters. The second kappa shape index (κ2) is 5.87. The van der Waals surface area contributed by atoms with Crippen LogP contribution in [0.2, 0.25) is 0 Å². The molecule has 1 fully saturated rings. The average Bonchev–Trinajstić information content (AvgIpc) is 2.84. The van der Waals surface area contributed by atoms with Crippen molar-refractivity contribution in [3.05, 3.63) is 18.3 Å². The van der Waals surface area contributed by atoms with Crippen LogP contribution in [0.4, 0.5) is 5.69 Å². The highest BCUT2D eigenvalue weighted by molar-refractivity contribution is 5.45. The molecule has 0 aliphatic carbocycles. The largest absolute Gasteiger partial charge is 0.481 e. The van der Waals surface area contributed by atoms with Gasteiger partial charge in [-0.2, -0.15) is 0 Å². The molecule has 2 rings (SSSR count). The summed E-state index contributed by atoms with van der Waals surface area (Å²) in [7, 11) is 1.64. The van der Waals surface area contributed by atoms with Gasteiger partial charge in [0.05, 0.1) is 7.11 Å². The topological polar surface area (TPSA) is 37.4 Å². The molecule has 2 heterocycles. The SMILES string of the molecule is CCN1CCCC1CNc1ccnc(OC)c1. The Balaban J connectivity index is 1.88. The highest BCUT2D eigenvalue weighted by atomic mass is 16.5. The molecular weight excluding hydrogens is 214 g/mol. The number of aromatic nitrogens is 1. The Bertz CT molecular complexity index is 356. The molecule has 0 aromatic carbocycles. The Hall–Kier alpha value is -1.29. The summed E-state index contributed by atoms with van der Waals surface area (Å²) in [6, 6.07) is 4.58. The van der Waals surface area contributed by atoms with Crippen LogP contribution in [-0.4, -0.2) is 42.7 Å². The van der Waals surface area contributed by atoms with Gasteiger partial charge in [-0.15, -0.1) is 0 Å². The second-order valence-electron chi connectivity index (χ2n) is 4.39. The lowest BCUT2D eigenvalue weighted by molar-refractivity contribution is 0.277. The van der Waals surface area contributed by atoms with Crippen LogP contribution >= 0.6 is 0 Å². The molecule has 1 unspecified atom stereocenters. The van der Waals surface area contributed by atoms with E-state index in [9.17, 15) is 0 Å². The van der Waals surface area contributed by atoms with Crippen molar-refractivity contribution in [1.82, 2.24) is 9.88 Å². The number of hydrogen-bond donors (Lipinski definition) is 1. The van der Waals surface area contributed by atoms with E-state index in [1.54, 1.807) is 13.3 Å². The van der Waals surface area contributed by atoms with Crippen LogP contribution < -0.4 is 10.1 Å². The van der Waals surface area contributed by atoms with E-state index in [2.05, 4.69) is 22.1 Å². The van der Waals surface area contributed by atoms with Gasteiger partial charge in [0.15, 0.2) is 0 Å². The summed E-state index contributed by atoms with van der Waals surface area (Å²) in [5, 5.41) is 3.46. The Labute approximate surface area is 103 Å². The van der Waals surface area contributed by atoms with E-state index in [4.69, 9.17) is 4.74 Å². The molecule has 1 N–H and O–H groups in total. The summed E-state index contributed by atoms with van der Waals surface area (Å²) in [4.78, 5) is 6.63. The Morgan fingerprint density at radius 1 is 1.59 bits per heavy atom. The Morgan fingerprint density at radius 3 is 3.24 bits per heavy atom. The molecule has 0 saturated carbocycles. The van der Waals surface area contributed by atoms with Gasteiger partial charge < -0.3 is 10.1 Å². The monoisotopic (exact) mass is 235 g/mol. The van der Waals surface area contributed by atoms with Crippen LogP contribution in [0.3, 0.4) is 0 Å². The molecule has 1 aromatic heterocycles. The second-order valence-corrected chi connectivity index (χ2v) is 4.39. The predicted molar refractivity (Wildman–Crippen MR) is 69.5 cm³/mol. The fraction of sp³-hybridized carbons (Fsp3) is 0.615. The lowest BCUT2D eigenvalue weighted by Crippen LogP contribution is -2.34. The van der Waals surface area contributed by atoms with E-state index in [-0.39, 0.29) is 0 Å². The first-order chi connectivity index (χ1) is 8.33. The lowest BCUT2D eigenvalue weighted by Gasteiger charge is -2.23. The zero-order valence-electron chi connectivity index (χ0n) is 10.6. The third-order valence-electron chi connectivity index (χ3n) is 3.39. The summed E-state index contributed by atoms with van der Waals surface area (Å²) in [6.45, 7) is 5.61. The summed E-state index contributed by atoms with van der Waals surface area (Å²) in [5.74, 6) is 0.661. The van der Waals surface area contributed by atoms with E-state index in [0.717, 1.165) is 18.8 Å². The minimum absolute atomic E-state index is 0.661. The maximum atomic E-state index is 5.11. The Morgan fingerprint density at radius 2 is 2.47 bits per heavy atom. The number of nitrogens with zero attached hydrogens (tertiary/aromatic N) is 2. The van der Waals surface area contributed by atoms with Gasteiger partial charge >= 0.3 is 0 Å². The minimum atomic E-state index is 0.661. The maximum absolute atomic E-state index is 5.11. The molecule has 1 saturated heterocycles. The molecule has 1 aromatic rings. The van der Waals surface area contributed by atoms with Crippen molar-refractivity contribution in [2.75, 3.05) is 32.1 Å². The zero-order valence-corrected chi connectivity index (χ0v) is 10.6. The number of methoxy groups -OCH3 is 1. The third-order valence-corrected chi connectivity index (χ3v) is 3.39. The highest BCUT2D eigenvalue weighted by Crippen LogP contribution is 2.18. The highest BCUT2D eigenvalue weighted by Gasteiger charge is 2.22. The van der Waals surface area contributed by atoms with Crippen molar-refractivity contribution in [2.24, 2.45) is 0 Å². The standard InChI is InChI=1S/C13H21N3O/c1-3-16-8-4-5-12(16)10-15-11-6-7-14-13(9-11)17-2/h6-7,9,12H,3-5,8,10H2,1-2H3,(H,14,15). The van der Waals surface area contributed by atoms with Crippen molar-refractivity contribution >= 4 is 5.69 Å². The minimum Gasteiger partial charge on any atom is -0.481 e. The summed E-state index contributed by atoms with van der Waals surface area (Å²) in [6.07, 6.45) is 4.39. The van der Waals surface area contributed by atoms with Crippen LogP contribution in [0, 0.1) is 0 Å². The molecule has 1 aliphatic heterocycles. The first kappa shape index (κ1) is 12.2. The number of hydrogen-bond acceptors (Lipinski definition) is 4. The van der Waals surface area contributed by atoms with E-state index < -0.39 is 0 Å². The van der Waals surface area contributed by atoms with Gasteiger partial charge in [0.25, 0.3) is 0 Å². The van der Waals surface area contributed by atoms with E-state index in [1.807, 2.05) is 12.1 Å². The first-order valence-electron chi connectivity index (χ1n) is 6.31. The van der Waals surface area contributed by atoms with Gasteiger partial charge in [0.1, 0.15) is 0 Å². The summed E-state index contributed by atoms with van der Waals surface area (Å²) < 4.78 is 5.11. The zero-order chi connectivity index (χ0) is 12.1. The average molecular weight is 235 g/mol. The summed E-state index contributed by atoms with van der Waals surface area (Å²) in [5.41, 5.74) is 1.08. The van der Waals surface area contributed by atoms with Crippen LogP contribution in [0.5, 0.6) is 5.88 Å². The Kier molecular flexibility index (Phi) is 4.20. The maximum Gasteiger partial charge on any atom is 0.214 e. The molecule has 0 amide bonds. The molecule has 4 heteroatoms. The molecular formula is C13H21N3O. The number of likely N-dealkylation sites (N-methyl/N-ethyl adjacent to an activating group) is 1. The van der Waals surface area contributed by atoms with Gasteiger partial charge in [-0.1, -0.05) is 6.92 Å². The molecule has 17 heavy (non-hydrogen) atoms. The molecule has 4 nitrogen and oxygen atoms in total. The van der Waals surface area contributed by atoms with Crippen LogP contribution in [0.1, 0.15) is 19.8 Å². The van der Waals surface area contributed by atoms with Crippen LogP contribution in [0.15, 0.2) is 18.3 Å². The number of nitrogens with one attached hydrogen (secondary N) is 1. The first-order valence-corrected chi connectivity index (χ1v) is 6.31. The van der Waals surface area contributed by atoms with E-state index >= 15 is 0 Å². The van der Waals surface area contributed by atoms with E-state index in [1.165, 1.54) is 19.4 Å². The van der Waals surface area contributed by atoms with Crippen molar-refractivity contribution in [2.45, 2.75) is 25.8 Å². The van der Waals surface area contributed by atoms with Crippen LogP contribution in [-0.2, 0) is 0 Å². The number of pyridine rings is 1. The smallest absolute Gasteiger partial charge is 0.214 e. The molecule has 94 valence electrons. The molecule has 0 bridgehead atoms. The summed E-state index contributed by atoms with van der Waals surface area (Å²) >= 11 is 0. The number of anilines is 1. The number of rotatable bonds is 5. The van der Waals surface area contributed by atoms with E-state index in [0.29, 0.717) is 11.9 Å². The number of likely N-dealkylation sites (tertiary alicyclic amines) is 1. The normalized spacial score (nSPS) is 20.5. The van der Waals surface area contributed by atoms with Crippen LogP contribution in [0.25, 0.3) is 0 Å².